The highest BCUT2D eigenvalue weighted by atomic mass is 16.4. The molecule has 0 radical (unpaired) electrons. The highest BCUT2D eigenvalue weighted by Crippen LogP contribution is 2.19. The molecule has 0 bridgehead atoms. The van der Waals surface area contributed by atoms with E-state index in [9.17, 15) is 4.79 Å². The third-order valence-electron chi connectivity index (χ3n) is 2.14. The number of aromatic carboxylic acids is 1. The van der Waals surface area contributed by atoms with Crippen molar-refractivity contribution in [3.8, 4) is 0 Å². The zero-order valence-corrected chi connectivity index (χ0v) is 7.66. The van der Waals surface area contributed by atoms with Crippen molar-refractivity contribution in [2.75, 3.05) is 12.4 Å². The fourth-order valence-corrected chi connectivity index (χ4v) is 1.40. The summed E-state index contributed by atoms with van der Waals surface area (Å²) in [7, 11) is 1.81. The van der Waals surface area contributed by atoms with Crippen LogP contribution in [0.5, 0.6) is 0 Å². The molecular weight excluding hydrogens is 180 g/mol. The van der Waals surface area contributed by atoms with Gasteiger partial charge in [0.25, 0.3) is 0 Å². The number of fused-ring (bicyclic) bond motifs is 1. The Morgan fingerprint density at radius 3 is 2.86 bits per heavy atom. The van der Waals surface area contributed by atoms with Crippen LogP contribution in [0.15, 0.2) is 24.3 Å². The smallest absolute Gasteiger partial charge is 0.335 e. The third-order valence-corrected chi connectivity index (χ3v) is 2.14. The molecule has 0 fully saturated rings. The maximum absolute atomic E-state index is 10.7. The lowest BCUT2D eigenvalue weighted by molar-refractivity contribution is 0.0697. The monoisotopic (exact) mass is 190 g/mol. The molecule has 14 heavy (non-hydrogen) atoms. The Morgan fingerprint density at radius 2 is 2.21 bits per heavy atom. The Bertz CT molecular complexity index is 488. The van der Waals surface area contributed by atoms with Gasteiger partial charge in [0.2, 0.25) is 0 Å². The summed E-state index contributed by atoms with van der Waals surface area (Å²) >= 11 is 0. The van der Waals surface area contributed by atoms with Crippen molar-refractivity contribution >= 4 is 22.7 Å². The first-order chi connectivity index (χ1) is 6.70. The number of carboxylic acids is 1. The molecule has 1 heterocycles. The molecule has 2 rings (SSSR count). The van der Waals surface area contributed by atoms with Crippen molar-refractivity contribution in [2.24, 2.45) is 0 Å². The van der Waals surface area contributed by atoms with Gasteiger partial charge in [-0.1, -0.05) is 0 Å². The first-order valence-electron chi connectivity index (χ1n) is 4.24. The van der Waals surface area contributed by atoms with Crippen LogP contribution in [0.2, 0.25) is 0 Å². The number of nitrogens with one attached hydrogen (secondary N) is 2. The Labute approximate surface area is 80.6 Å². The topological polar surface area (TPSA) is 65.1 Å². The van der Waals surface area contributed by atoms with E-state index in [2.05, 4.69) is 10.3 Å². The molecule has 0 aliphatic rings. The Balaban J connectivity index is 2.59. The second-order valence-corrected chi connectivity index (χ2v) is 3.04. The van der Waals surface area contributed by atoms with E-state index in [1.807, 2.05) is 13.1 Å². The molecule has 4 nitrogen and oxygen atoms in total. The van der Waals surface area contributed by atoms with Crippen molar-refractivity contribution in [1.29, 1.82) is 0 Å². The van der Waals surface area contributed by atoms with Crippen molar-refractivity contribution in [3.05, 3.63) is 29.8 Å². The van der Waals surface area contributed by atoms with Crippen LogP contribution in [-0.2, 0) is 0 Å². The van der Waals surface area contributed by atoms with Crippen LogP contribution in [0.4, 0.5) is 5.82 Å². The molecule has 0 amide bonds. The molecule has 1 aromatic heterocycles. The van der Waals surface area contributed by atoms with Gasteiger partial charge >= 0.3 is 5.97 Å². The van der Waals surface area contributed by atoms with E-state index in [0.717, 1.165) is 16.7 Å². The van der Waals surface area contributed by atoms with Gasteiger partial charge in [-0.3, -0.25) is 0 Å². The molecule has 0 aliphatic carbocycles. The van der Waals surface area contributed by atoms with Gasteiger partial charge < -0.3 is 15.4 Å². The van der Waals surface area contributed by atoms with E-state index < -0.39 is 5.97 Å². The minimum absolute atomic E-state index is 0.305. The Hall–Kier alpha value is -1.97. The predicted octanol–water partition coefficient (Wildman–Crippen LogP) is 1.91. The summed E-state index contributed by atoms with van der Waals surface area (Å²) < 4.78 is 0. The van der Waals surface area contributed by atoms with Crippen molar-refractivity contribution in [3.63, 3.8) is 0 Å². The molecule has 0 aliphatic heterocycles. The molecule has 3 N–H and O–H groups in total. The fraction of sp³-hybridized carbons (Fsp3) is 0.100. The molecular formula is C10H10N2O2. The highest BCUT2D eigenvalue weighted by Gasteiger charge is 2.05. The van der Waals surface area contributed by atoms with Crippen molar-refractivity contribution in [2.45, 2.75) is 0 Å². The third kappa shape index (κ3) is 1.31. The number of carbonyl (C=O) groups is 1. The largest absolute Gasteiger partial charge is 0.478 e. The van der Waals surface area contributed by atoms with Gasteiger partial charge in [0.15, 0.2) is 0 Å². The van der Waals surface area contributed by atoms with Crippen LogP contribution < -0.4 is 5.32 Å². The second kappa shape index (κ2) is 3.06. The van der Waals surface area contributed by atoms with E-state index in [4.69, 9.17) is 5.11 Å². The Morgan fingerprint density at radius 1 is 1.43 bits per heavy atom. The summed E-state index contributed by atoms with van der Waals surface area (Å²) in [5.74, 6) is -0.0263. The number of anilines is 1. The number of hydrogen-bond acceptors (Lipinski definition) is 2. The van der Waals surface area contributed by atoms with Crippen molar-refractivity contribution in [1.82, 2.24) is 4.98 Å². The van der Waals surface area contributed by atoms with Crippen LogP contribution in [-0.4, -0.2) is 23.1 Å². The van der Waals surface area contributed by atoms with Crippen LogP contribution >= 0.6 is 0 Å². The molecule has 1 aromatic carbocycles. The second-order valence-electron chi connectivity index (χ2n) is 3.04. The number of carboxylic acid groups (broad SMARTS) is 1. The number of H-pyrrole nitrogens is 1. The summed E-state index contributed by atoms with van der Waals surface area (Å²) in [6.45, 7) is 0. The van der Waals surface area contributed by atoms with Gasteiger partial charge in [-0.15, -0.1) is 0 Å². The number of rotatable bonds is 2. The maximum Gasteiger partial charge on any atom is 0.335 e. The number of aromatic nitrogens is 1. The van der Waals surface area contributed by atoms with Gasteiger partial charge in [-0.2, -0.15) is 0 Å². The molecule has 0 spiro atoms. The van der Waals surface area contributed by atoms with Crippen LogP contribution in [0.25, 0.3) is 10.9 Å². The fourth-order valence-electron chi connectivity index (χ4n) is 1.40. The van der Waals surface area contributed by atoms with E-state index >= 15 is 0 Å². The lowest BCUT2D eigenvalue weighted by atomic mass is 10.1. The van der Waals surface area contributed by atoms with E-state index in [1.165, 1.54) is 0 Å². The van der Waals surface area contributed by atoms with Gasteiger partial charge in [-0.05, 0) is 24.3 Å². The summed E-state index contributed by atoms with van der Waals surface area (Å²) in [5, 5.41) is 12.6. The first-order valence-corrected chi connectivity index (χ1v) is 4.24. The lowest BCUT2D eigenvalue weighted by Crippen LogP contribution is -1.94. The van der Waals surface area contributed by atoms with Gasteiger partial charge in [-0.25, -0.2) is 4.79 Å². The van der Waals surface area contributed by atoms with Gasteiger partial charge in [0, 0.05) is 18.0 Å². The highest BCUT2D eigenvalue weighted by molar-refractivity contribution is 5.94. The first kappa shape index (κ1) is 8.62. The maximum atomic E-state index is 10.7. The predicted molar refractivity (Wildman–Crippen MR) is 54.8 cm³/mol. The molecule has 0 unspecified atom stereocenters. The minimum atomic E-state index is -0.904. The number of benzene rings is 1. The van der Waals surface area contributed by atoms with E-state index in [0.29, 0.717) is 5.56 Å². The van der Waals surface area contributed by atoms with E-state index in [-0.39, 0.29) is 0 Å². The normalized spacial score (nSPS) is 10.4. The van der Waals surface area contributed by atoms with Gasteiger partial charge in [0.1, 0.15) is 5.82 Å². The SMILES string of the molecule is CNc1cc2cc(C(=O)O)ccc2[nH]1. The zero-order chi connectivity index (χ0) is 10.1. The summed E-state index contributed by atoms with van der Waals surface area (Å²) in [4.78, 5) is 13.8. The summed E-state index contributed by atoms with van der Waals surface area (Å²) in [5.41, 5.74) is 1.23. The molecule has 2 aromatic rings. The van der Waals surface area contributed by atoms with E-state index in [1.54, 1.807) is 18.2 Å². The molecule has 0 atom stereocenters. The summed E-state index contributed by atoms with van der Waals surface area (Å²) in [6.07, 6.45) is 0. The lowest BCUT2D eigenvalue weighted by Gasteiger charge is -1.93. The average molecular weight is 190 g/mol. The number of aromatic amines is 1. The average Bonchev–Trinajstić information content (AvgIpc) is 2.58. The van der Waals surface area contributed by atoms with Crippen LogP contribution in [0.3, 0.4) is 0 Å². The molecule has 4 heteroatoms. The Kier molecular flexibility index (Phi) is 1.89. The standard InChI is InChI=1S/C10H10N2O2/c1-11-9-5-7-4-6(10(13)14)2-3-8(7)12-9/h2-5,11-12H,1H3,(H,13,14). The molecule has 72 valence electrons. The van der Waals surface area contributed by atoms with Gasteiger partial charge in [0.05, 0.1) is 5.56 Å². The van der Waals surface area contributed by atoms with Crippen LogP contribution in [0, 0.1) is 0 Å². The quantitative estimate of drug-likeness (QED) is 0.677. The van der Waals surface area contributed by atoms with Crippen molar-refractivity contribution < 1.29 is 9.90 Å². The zero-order valence-electron chi connectivity index (χ0n) is 7.66. The summed E-state index contributed by atoms with van der Waals surface area (Å²) in [6, 6.07) is 6.87. The van der Waals surface area contributed by atoms with Crippen LogP contribution in [0.1, 0.15) is 10.4 Å². The molecule has 0 saturated carbocycles. The molecule has 0 saturated heterocycles. The number of hydrogen-bond donors (Lipinski definition) is 3. The minimum Gasteiger partial charge on any atom is -0.478 e.